The van der Waals surface area contributed by atoms with Gasteiger partial charge < -0.3 is 9.15 Å². The van der Waals surface area contributed by atoms with E-state index in [2.05, 4.69) is 5.10 Å². The van der Waals surface area contributed by atoms with E-state index in [0.717, 1.165) is 37.8 Å². The van der Waals surface area contributed by atoms with Gasteiger partial charge in [0.05, 0.1) is 11.4 Å². The fraction of sp³-hybridized carbons (Fsp3) is 0.0741. The lowest BCUT2D eigenvalue weighted by molar-refractivity contribution is 0.0480. The fourth-order valence-corrected chi connectivity index (χ4v) is 5.46. The first-order valence-corrected chi connectivity index (χ1v) is 12.0. The second kappa shape index (κ2) is 8.37. The molecule has 3 aromatic heterocycles. The van der Waals surface area contributed by atoms with Gasteiger partial charge in [-0.1, -0.05) is 41.9 Å². The van der Waals surface area contributed by atoms with Crippen LogP contribution in [-0.4, -0.2) is 15.7 Å². The molecule has 35 heavy (non-hydrogen) atoms. The molecule has 6 rings (SSSR count). The number of fused-ring (bicyclic) bond motifs is 4. The van der Waals surface area contributed by atoms with Crippen LogP contribution in [0.5, 0.6) is 0 Å². The Kier molecular flexibility index (Phi) is 5.16. The number of aryl methyl sites for hydroxylation is 1. The summed E-state index contributed by atoms with van der Waals surface area (Å²) in [6.07, 6.45) is 0. The Morgan fingerprint density at radius 2 is 1.86 bits per heavy atom. The van der Waals surface area contributed by atoms with Crippen LogP contribution in [0.4, 0.5) is 0 Å². The Balaban J connectivity index is 1.34. The number of halogens is 1. The molecule has 0 aliphatic rings. The van der Waals surface area contributed by atoms with Gasteiger partial charge in [0.2, 0.25) is 0 Å². The minimum Gasteiger partial charge on any atom is -0.457 e. The van der Waals surface area contributed by atoms with Crippen molar-refractivity contribution in [1.82, 2.24) is 9.78 Å². The molecule has 0 radical (unpaired) electrons. The highest BCUT2D eigenvalue weighted by atomic mass is 35.5. The predicted molar refractivity (Wildman–Crippen MR) is 138 cm³/mol. The maximum atomic E-state index is 13.0. The van der Waals surface area contributed by atoms with Gasteiger partial charge in [-0.25, -0.2) is 14.3 Å². The Hall–Kier alpha value is -3.94. The molecular formula is C27H17ClN2O4S. The summed E-state index contributed by atoms with van der Waals surface area (Å²) in [6.45, 7) is 1.85. The molecule has 0 N–H and O–H groups in total. The highest BCUT2D eigenvalue weighted by Gasteiger charge is 2.19. The Bertz CT molecular complexity index is 1820. The number of nitrogens with zero attached hydrogens (tertiary/aromatic N) is 2. The van der Waals surface area contributed by atoms with Crippen LogP contribution >= 0.6 is 22.9 Å². The molecule has 8 heteroatoms. The molecule has 6 aromatic rings. The van der Waals surface area contributed by atoms with E-state index in [4.69, 9.17) is 20.8 Å². The molecule has 0 unspecified atom stereocenters. The van der Waals surface area contributed by atoms with Crippen molar-refractivity contribution in [3.63, 3.8) is 0 Å². The largest absolute Gasteiger partial charge is 0.457 e. The number of benzene rings is 3. The number of thiophene rings is 1. The van der Waals surface area contributed by atoms with Crippen molar-refractivity contribution in [1.29, 1.82) is 0 Å². The van der Waals surface area contributed by atoms with Crippen molar-refractivity contribution in [2.24, 2.45) is 0 Å². The van der Waals surface area contributed by atoms with Crippen molar-refractivity contribution < 1.29 is 13.9 Å². The first-order valence-electron chi connectivity index (χ1n) is 10.8. The SMILES string of the molecule is Cc1nn(-c2ccc(Cl)cc2)c2sc(C(=O)OCc3cc(=O)oc4ccc5ccccc5c34)cc12. The number of aromatic nitrogens is 2. The summed E-state index contributed by atoms with van der Waals surface area (Å²) in [6, 6.07) is 22.0. The third-order valence-corrected chi connectivity index (χ3v) is 7.23. The Labute approximate surface area is 207 Å². The minimum absolute atomic E-state index is 0.0501. The Morgan fingerprint density at radius 3 is 2.69 bits per heavy atom. The molecule has 0 bridgehead atoms. The Morgan fingerprint density at radius 1 is 1.06 bits per heavy atom. The van der Waals surface area contributed by atoms with Crippen LogP contribution in [-0.2, 0) is 11.3 Å². The van der Waals surface area contributed by atoms with E-state index in [1.807, 2.05) is 49.4 Å². The van der Waals surface area contributed by atoms with Crippen molar-refractivity contribution in [3.8, 4) is 5.69 Å². The lowest BCUT2D eigenvalue weighted by Gasteiger charge is -2.09. The van der Waals surface area contributed by atoms with E-state index in [0.29, 0.717) is 21.0 Å². The number of esters is 1. The van der Waals surface area contributed by atoms with Crippen LogP contribution < -0.4 is 5.63 Å². The standard InChI is InChI=1S/C27H17ClN2O4S/c1-15-21-13-23(35-26(21)30(29-15)19-9-7-18(28)8-10-19)27(32)33-14-17-12-24(31)34-22-11-6-16-4-2-3-5-20(16)25(17)22/h2-13H,14H2,1H3. The monoisotopic (exact) mass is 500 g/mol. The van der Waals surface area contributed by atoms with Gasteiger partial charge in [0.1, 0.15) is 21.9 Å². The lowest BCUT2D eigenvalue weighted by atomic mass is 10.0. The molecule has 6 nitrogen and oxygen atoms in total. The van der Waals surface area contributed by atoms with E-state index in [-0.39, 0.29) is 6.61 Å². The van der Waals surface area contributed by atoms with Crippen molar-refractivity contribution in [2.45, 2.75) is 13.5 Å². The fourth-order valence-electron chi connectivity index (χ4n) is 4.25. The molecule has 0 amide bonds. The minimum atomic E-state index is -0.487. The zero-order valence-corrected chi connectivity index (χ0v) is 20.0. The van der Waals surface area contributed by atoms with Crippen LogP contribution in [0.3, 0.4) is 0 Å². The van der Waals surface area contributed by atoms with Crippen molar-refractivity contribution in [2.75, 3.05) is 0 Å². The molecule has 3 heterocycles. The average Bonchev–Trinajstić information content (AvgIpc) is 3.43. The summed E-state index contributed by atoms with van der Waals surface area (Å²) < 4.78 is 12.9. The maximum Gasteiger partial charge on any atom is 0.348 e. The van der Waals surface area contributed by atoms with Crippen LogP contribution in [0.2, 0.25) is 5.02 Å². The normalized spacial score (nSPS) is 11.5. The molecule has 0 saturated heterocycles. The van der Waals surface area contributed by atoms with Crippen LogP contribution in [0.25, 0.3) is 37.6 Å². The summed E-state index contributed by atoms with van der Waals surface area (Å²) in [5.74, 6) is -0.463. The van der Waals surface area contributed by atoms with Crippen LogP contribution in [0.15, 0.2) is 82.0 Å². The number of carbonyl (C=O) groups is 1. The van der Waals surface area contributed by atoms with E-state index in [9.17, 15) is 9.59 Å². The lowest BCUT2D eigenvalue weighted by Crippen LogP contribution is -2.07. The van der Waals surface area contributed by atoms with Crippen molar-refractivity contribution >= 4 is 60.9 Å². The second-order valence-corrected chi connectivity index (χ2v) is 9.60. The molecule has 0 atom stereocenters. The summed E-state index contributed by atoms with van der Waals surface area (Å²) >= 11 is 7.33. The molecular weight excluding hydrogens is 484 g/mol. The molecule has 0 spiro atoms. The molecule has 0 aliphatic heterocycles. The van der Waals surface area contributed by atoms with Gasteiger partial charge in [-0.2, -0.15) is 5.10 Å². The van der Waals surface area contributed by atoms with Gasteiger partial charge in [-0.15, -0.1) is 11.3 Å². The molecule has 0 aliphatic carbocycles. The number of hydrogen-bond donors (Lipinski definition) is 0. The van der Waals surface area contributed by atoms with E-state index in [1.54, 1.807) is 28.9 Å². The van der Waals surface area contributed by atoms with Gasteiger partial charge in [0, 0.05) is 27.4 Å². The third-order valence-electron chi connectivity index (χ3n) is 5.89. The number of rotatable bonds is 4. The topological polar surface area (TPSA) is 74.3 Å². The number of carbonyl (C=O) groups excluding carboxylic acids is 1. The van der Waals surface area contributed by atoms with Gasteiger partial charge >= 0.3 is 11.6 Å². The zero-order valence-electron chi connectivity index (χ0n) is 18.4. The first-order chi connectivity index (χ1) is 17.0. The van der Waals surface area contributed by atoms with E-state index >= 15 is 0 Å². The quantitative estimate of drug-likeness (QED) is 0.153. The van der Waals surface area contributed by atoms with Crippen LogP contribution in [0, 0.1) is 6.92 Å². The second-order valence-electron chi connectivity index (χ2n) is 8.13. The van der Waals surface area contributed by atoms with E-state index < -0.39 is 11.6 Å². The molecule has 172 valence electrons. The first kappa shape index (κ1) is 21.6. The van der Waals surface area contributed by atoms with Crippen molar-refractivity contribution in [3.05, 3.63) is 104 Å². The molecule has 0 saturated carbocycles. The van der Waals surface area contributed by atoms with E-state index in [1.165, 1.54) is 17.4 Å². The van der Waals surface area contributed by atoms with Gasteiger partial charge in [0.25, 0.3) is 0 Å². The number of hydrogen-bond acceptors (Lipinski definition) is 6. The third kappa shape index (κ3) is 3.79. The maximum absolute atomic E-state index is 13.0. The summed E-state index contributed by atoms with van der Waals surface area (Å²) in [7, 11) is 0. The molecule has 0 fully saturated rings. The smallest absolute Gasteiger partial charge is 0.348 e. The van der Waals surface area contributed by atoms with Gasteiger partial charge in [-0.05, 0) is 54.1 Å². The van der Waals surface area contributed by atoms with Crippen LogP contribution in [0.1, 0.15) is 20.9 Å². The summed E-state index contributed by atoms with van der Waals surface area (Å²) in [4.78, 5) is 26.5. The highest BCUT2D eigenvalue weighted by molar-refractivity contribution is 7.20. The zero-order chi connectivity index (χ0) is 24.1. The summed E-state index contributed by atoms with van der Waals surface area (Å²) in [5.41, 5.74) is 2.24. The summed E-state index contributed by atoms with van der Waals surface area (Å²) in [5, 5.41) is 8.83. The van der Waals surface area contributed by atoms with Gasteiger partial charge in [0.15, 0.2) is 0 Å². The highest BCUT2D eigenvalue weighted by Crippen LogP contribution is 2.32. The average molecular weight is 501 g/mol. The van der Waals surface area contributed by atoms with Gasteiger partial charge in [-0.3, -0.25) is 0 Å². The number of ether oxygens (including phenoxy) is 1. The predicted octanol–water partition coefficient (Wildman–Crippen LogP) is 6.67. The molecule has 3 aromatic carbocycles.